The second-order valence-corrected chi connectivity index (χ2v) is 5.68. The fourth-order valence-corrected chi connectivity index (χ4v) is 1.39. The highest BCUT2D eigenvalue weighted by Gasteiger charge is 2.06. The molecule has 18 heavy (non-hydrogen) atoms. The molecule has 0 rings (SSSR count). The van der Waals surface area contributed by atoms with Crippen molar-refractivity contribution in [3.8, 4) is 0 Å². The molecule has 2 N–H and O–H groups in total. The topological polar surface area (TPSA) is 107 Å². The van der Waals surface area contributed by atoms with Crippen LogP contribution >= 0.6 is 6.72 Å². The summed E-state index contributed by atoms with van der Waals surface area (Å²) in [6.45, 7) is -1.32. The van der Waals surface area contributed by atoms with Gasteiger partial charge in [-0.2, -0.15) is 4.91 Å². The third-order valence-corrected chi connectivity index (χ3v) is 2.39. The lowest BCUT2D eigenvalue weighted by molar-refractivity contribution is 0.00983. The molecule has 0 aliphatic heterocycles. The Labute approximate surface area is 110 Å². The van der Waals surface area contributed by atoms with E-state index in [1.54, 1.807) is 0 Å². The summed E-state index contributed by atoms with van der Waals surface area (Å²) in [6.07, 6.45) is 0. The molecule has 0 radical (unpaired) electrons. The monoisotopic (exact) mass is 303 g/mol. The molecular formula is C8H18NO7PS. The summed E-state index contributed by atoms with van der Waals surface area (Å²) >= 11 is 4.24. The minimum absolute atomic E-state index is 0.0338. The normalized spacial score (nSPS) is 11.7. The van der Waals surface area contributed by atoms with Gasteiger partial charge in [-0.15, -0.1) is 0 Å². The van der Waals surface area contributed by atoms with Crippen molar-refractivity contribution in [2.75, 3.05) is 52.8 Å². The first kappa shape index (κ1) is 18.0. The minimum atomic E-state index is -3.57. The molecule has 0 atom stereocenters. The molecule has 0 aliphatic carbocycles. The average molecular weight is 303 g/mol. The summed E-state index contributed by atoms with van der Waals surface area (Å²) in [6, 6.07) is 0. The molecule has 0 fully saturated rings. The zero-order valence-electron chi connectivity index (χ0n) is 9.90. The minimum Gasteiger partial charge on any atom is -0.377 e. The van der Waals surface area contributed by atoms with E-state index >= 15 is 0 Å². The first-order chi connectivity index (χ1) is 8.56. The molecular weight excluding hydrogens is 285 g/mol. The van der Waals surface area contributed by atoms with Gasteiger partial charge in [-0.1, -0.05) is 5.18 Å². The Morgan fingerprint density at radius 3 is 1.78 bits per heavy atom. The molecule has 0 amide bonds. The van der Waals surface area contributed by atoms with Crippen LogP contribution in [-0.4, -0.2) is 62.6 Å². The Morgan fingerprint density at radius 1 is 0.889 bits per heavy atom. The van der Waals surface area contributed by atoms with Gasteiger partial charge < -0.3 is 28.5 Å². The quantitative estimate of drug-likeness (QED) is 0.279. The fourth-order valence-electron chi connectivity index (χ4n) is 0.859. The number of rotatable bonds is 13. The third-order valence-electron chi connectivity index (χ3n) is 1.56. The Kier molecular flexibility index (Phi) is 12.1. The summed E-state index contributed by atoms with van der Waals surface area (Å²) < 4.78 is 19.8. The summed E-state index contributed by atoms with van der Waals surface area (Å²) in [4.78, 5) is 27.1. The number of nitroso groups, excluding NO2 is 1. The molecule has 10 heteroatoms. The van der Waals surface area contributed by atoms with Gasteiger partial charge in [0.2, 0.25) is 0 Å². The summed E-state index contributed by atoms with van der Waals surface area (Å²) in [5.74, 6) is 0. The van der Waals surface area contributed by atoms with Crippen molar-refractivity contribution in [3.05, 3.63) is 4.91 Å². The molecule has 0 heterocycles. The molecule has 0 aromatic heterocycles. The number of hydrogen-bond donors (Lipinski definition) is 2. The fraction of sp³-hybridized carbons (Fsp3) is 1.00. The van der Waals surface area contributed by atoms with Crippen LogP contribution in [0.15, 0.2) is 5.18 Å². The molecule has 108 valence electrons. The molecule has 0 unspecified atom stereocenters. The van der Waals surface area contributed by atoms with Gasteiger partial charge in [-0.25, -0.2) is 0 Å². The summed E-state index contributed by atoms with van der Waals surface area (Å²) in [7, 11) is 0. The van der Waals surface area contributed by atoms with Gasteiger partial charge in [0.1, 0.15) is 6.54 Å². The van der Waals surface area contributed by atoms with Crippen LogP contribution in [0.5, 0.6) is 0 Å². The highest BCUT2D eigenvalue weighted by atomic mass is 32.5. The van der Waals surface area contributed by atoms with Crippen molar-refractivity contribution in [1.29, 1.82) is 0 Å². The van der Waals surface area contributed by atoms with Crippen LogP contribution < -0.4 is 0 Å². The van der Waals surface area contributed by atoms with E-state index in [1.165, 1.54) is 0 Å². The van der Waals surface area contributed by atoms with E-state index in [1.807, 2.05) is 0 Å². The zero-order valence-corrected chi connectivity index (χ0v) is 11.6. The Bertz CT molecular complexity index is 250. The average Bonchev–Trinajstić information content (AvgIpc) is 2.29. The van der Waals surface area contributed by atoms with Gasteiger partial charge in [0, 0.05) is 0 Å². The van der Waals surface area contributed by atoms with Crippen molar-refractivity contribution < 1.29 is 28.5 Å². The van der Waals surface area contributed by atoms with Crippen LogP contribution in [0.1, 0.15) is 0 Å². The van der Waals surface area contributed by atoms with Gasteiger partial charge in [0.15, 0.2) is 0 Å². The van der Waals surface area contributed by atoms with Gasteiger partial charge in [0.25, 0.3) is 0 Å². The van der Waals surface area contributed by atoms with Crippen LogP contribution in [0.4, 0.5) is 0 Å². The molecule has 0 saturated heterocycles. The number of hydrogen-bond acceptors (Lipinski definition) is 7. The first-order valence-electron chi connectivity index (χ1n) is 5.28. The van der Waals surface area contributed by atoms with E-state index in [0.717, 1.165) is 0 Å². The van der Waals surface area contributed by atoms with Crippen molar-refractivity contribution in [2.24, 2.45) is 5.18 Å². The second kappa shape index (κ2) is 12.1. The van der Waals surface area contributed by atoms with Crippen molar-refractivity contribution in [2.45, 2.75) is 0 Å². The largest absolute Gasteiger partial charge is 0.377 e. The standard InChI is InChI=1S/C8H18NO7PS/c10-9-1-2-13-3-4-14-5-6-15-7-8-16-17(11,12)18/h1-8H2,(H2,11,12,18). The predicted molar refractivity (Wildman–Crippen MR) is 67.8 cm³/mol. The first-order valence-corrected chi connectivity index (χ1v) is 7.91. The van der Waals surface area contributed by atoms with Gasteiger partial charge in [-0.3, -0.25) is 0 Å². The molecule has 8 nitrogen and oxygen atoms in total. The molecule has 0 spiro atoms. The molecule has 0 saturated carbocycles. The lowest BCUT2D eigenvalue weighted by Crippen LogP contribution is -2.12. The predicted octanol–water partition coefficient (Wildman–Crippen LogP) is 0.0283. The molecule has 0 aromatic carbocycles. The lowest BCUT2D eigenvalue weighted by Gasteiger charge is -2.09. The smallest absolute Gasteiger partial charge is 0.321 e. The highest BCUT2D eigenvalue weighted by molar-refractivity contribution is 8.06. The Balaban J connectivity index is 3.03. The third kappa shape index (κ3) is 16.0. The van der Waals surface area contributed by atoms with E-state index in [2.05, 4.69) is 21.5 Å². The van der Waals surface area contributed by atoms with E-state index in [0.29, 0.717) is 33.0 Å². The second-order valence-electron chi connectivity index (χ2n) is 3.01. The maximum atomic E-state index is 9.70. The van der Waals surface area contributed by atoms with Crippen LogP contribution in [0.25, 0.3) is 0 Å². The van der Waals surface area contributed by atoms with Gasteiger partial charge in [-0.05, 0) is 11.8 Å². The Morgan fingerprint density at radius 2 is 1.33 bits per heavy atom. The van der Waals surface area contributed by atoms with Crippen LogP contribution in [0, 0.1) is 4.91 Å². The van der Waals surface area contributed by atoms with Crippen LogP contribution in [-0.2, 0) is 30.5 Å². The van der Waals surface area contributed by atoms with Crippen LogP contribution in [0.2, 0.25) is 0 Å². The Hall–Kier alpha value is 0.01000. The molecule has 0 aliphatic rings. The SMILES string of the molecule is O=NCCOCCOCCOCCOP(O)(O)=S. The highest BCUT2D eigenvalue weighted by Crippen LogP contribution is 2.35. The zero-order chi connectivity index (χ0) is 13.7. The molecule has 0 bridgehead atoms. The maximum absolute atomic E-state index is 9.70. The lowest BCUT2D eigenvalue weighted by atomic mass is 10.7. The van der Waals surface area contributed by atoms with Crippen molar-refractivity contribution in [3.63, 3.8) is 0 Å². The maximum Gasteiger partial charge on any atom is 0.321 e. The molecule has 0 aromatic rings. The number of ether oxygens (including phenoxy) is 3. The van der Waals surface area contributed by atoms with Gasteiger partial charge >= 0.3 is 6.72 Å². The number of nitrogens with zero attached hydrogens (tertiary/aromatic N) is 1. The van der Waals surface area contributed by atoms with Gasteiger partial charge in [0.05, 0.1) is 46.2 Å². The van der Waals surface area contributed by atoms with E-state index < -0.39 is 6.72 Å². The summed E-state index contributed by atoms with van der Waals surface area (Å²) in [5.41, 5.74) is 0. The summed E-state index contributed by atoms with van der Waals surface area (Å²) in [5, 5.41) is 2.64. The van der Waals surface area contributed by atoms with E-state index in [4.69, 9.17) is 24.0 Å². The van der Waals surface area contributed by atoms with E-state index in [9.17, 15) is 4.91 Å². The van der Waals surface area contributed by atoms with Crippen molar-refractivity contribution >= 4 is 18.5 Å². The van der Waals surface area contributed by atoms with Crippen molar-refractivity contribution in [1.82, 2.24) is 0 Å². The van der Waals surface area contributed by atoms with E-state index in [-0.39, 0.29) is 19.8 Å². The van der Waals surface area contributed by atoms with Crippen LogP contribution in [0.3, 0.4) is 0 Å².